The summed E-state index contributed by atoms with van der Waals surface area (Å²) in [5.41, 5.74) is 0.819. The van der Waals surface area contributed by atoms with Crippen LogP contribution >= 0.6 is 0 Å². The predicted octanol–water partition coefficient (Wildman–Crippen LogP) is 3.39. The number of pyridine rings is 1. The van der Waals surface area contributed by atoms with E-state index in [1.54, 1.807) is 30.3 Å². The van der Waals surface area contributed by atoms with Gasteiger partial charge in [0.25, 0.3) is 0 Å². The minimum absolute atomic E-state index is 0.148. The van der Waals surface area contributed by atoms with Crippen molar-refractivity contribution >= 4 is 6.03 Å². The number of urea groups is 1. The minimum atomic E-state index is -0.354. The van der Waals surface area contributed by atoms with E-state index in [0.29, 0.717) is 12.3 Å². The number of hydrogen-bond acceptors (Lipinski definition) is 3. The molecule has 2 atom stereocenters. The summed E-state index contributed by atoms with van der Waals surface area (Å²) in [5.74, 6) is 0.0830. The summed E-state index contributed by atoms with van der Waals surface area (Å²) in [7, 11) is 1.72. The van der Waals surface area contributed by atoms with Crippen LogP contribution in [0, 0.1) is 5.82 Å². The zero-order chi connectivity index (χ0) is 17.5. The Morgan fingerprint density at radius 2 is 2.08 bits per heavy atom. The normalized spacial score (nSPS) is 13.0. The third kappa shape index (κ3) is 4.94. The van der Waals surface area contributed by atoms with Crippen molar-refractivity contribution < 1.29 is 13.9 Å². The van der Waals surface area contributed by atoms with Gasteiger partial charge >= 0.3 is 6.03 Å². The van der Waals surface area contributed by atoms with E-state index in [9.17, 15) is 9.18 Å². The minimum Gasteiger partial charge on any atom is -0.489 e. The maximum atomic E-state index is 13.1. The highest BCUT2D eigenvalue weighted by Crippen LogP contribution is 2.16. The Balaban J connectivity index is 1.83. The van der Waals surface area contributed by atoms with Gasteiger partial charge in [0.05, 0.1) is 18.3 Å². The molecule has 24 heavy (non-hydrogen) atoms. The first kappa shape index (κ1) is 17.7. The standard InChI is InChI=1S/C18H22FN3O2/c1-13(24-16-8-6-7-15(19)11-16)12-21-18(23)22(3)14(2)17-9-4-5-10-20-17/h4-11,13-14H,12H2,1-3H3,(H,21,23)/t13-,14+/m1/s1. The van der Waals surface area contributed by atoms with Crippen LogP contribution in [-0.2, 0) is 0 Å². The second-order valence-corrected chi connectivity index (χ2v) is 5.61. The van der Waals surface area contributed by atoms with Gasteiger partial charge in [0.2, 0.25) is 0 Å². The van der Waals surface area contributed by atoms with Gasteiger partial charge in [0, 0.05) is 19.3 Å². The van der Waals surface area contributed by atoms with Crippen molar-refractivity contribution in [2.75, 3.05) is 13.6 Å². The van der Waals surface area contributed by atoms with Crippen LogP contribution in [0.5, 0.6) is 5.75 Å². The quantitative estimate of drug-likeness (QED) is 0.883. The van der Waals surface area contributed by atoms with E-state index in [1.165, 1.54) is 12.1 Å². The monoisotopic (exact) mass is 331 g/mol. The van der Waals surface area contributed by atoms with Gasteiger partial charge in [0.15, 0.2) is 0 Å². The number of hydrogen-bond donors (Lipinski definition) is 1. The molecule has 1 N–H and O–H groups in total. The molecule has 0 aliphatic heterocycles. The fourth-order valence-corrected chi connectivity index (χ4v) is 2.17. The van der Waals surface area contributed by atoms with Crippen molar-refractivity contribution in [3.05, 3.63) is 60.2 Å². The maximum Gasteiger partial charge on any atom is 0.317 e. The largest absolute Gasteiger partial charge is 0.489 e. The zero-order valence-electron chi connectivity index (χ0n) is 14.1. The molecule has 2 amide bonds. The van der Waals surface area contributed by atoms with E-state index >= 15 is 0 Å². The average molecular weight is 331 g/mol. The Morgan fingerprint density at radius 3 is 2.75 bits per heavy atom. The summed E-state index contributed by atoms with van der Waals surface area (Å²) in [5, 5.41) is 2.81. The highest BCUT2D eigenvalue weighted by atomic mass is 19.1. The highest BCUT2D eigenvalue weighted by Gasteiger charge is 2.18. The molecule has 5 nitrogen and oxygen atoms in total. The van der Waals surface area contributed by atoms with Gasteiger partial charge in [0.1, 0.15) is 17.7 Å². The maximum absolute atomic E-state index is 13.1. The van der Waals surface area contributed by atoms with Crippen LogP contribution in [0.4, 0.5) is 9.18 Å². The van der Waals surface area contributed by atoms with E-state index in [-0.39, 0.29) is 24.0 Å². The van der Waals surface area contributed by atoms with Crippen molar-refractivity contribution in [3.63, 3.8) is 0 Å². The molecule has 0 aliphatic carbocycles. The molecular weight excluding hydrogens is 309 g/mol. The number of nitrogens with one attached hydrogen (secondary N) is 1. The molecule has 0 bridgehead atoms. The first-order chi connectivity index (χ1) is 11.5. The predicted molar refractivity (Wildman–Crippen MR) is 90.3 cm³/mol. The molecule has 0 aliphatic rings. The first-order valence-corrected chi connectivity index (χ1v) is 7.81. The number of benzene rings is 1. The van der Waals surface area contributed by atoms with Crippen molar-refractivity contribution in [2.24, 2.45) is 0 Å². The van der Waals surface area contributed by atoms with Gasteiger partial charge < -0.3 is 15.0 Å². The molecule has 2 rings (SSSR count). The third-order valence-corrected chi connectivity index (χ3v) is 3.69. The lowest BCUT2D eigenvalue weighted by Crippen LogP contribution is -2.42. The van der Waals surface area contributed by atoms with Crippen molar-refractivity contribution in [1.82, 2.24) is 15.2 Å². The Labute approximate surface area is 141 Å². The van der Waals surface area contributed by atoms with Crippen LogP contribution in [0.2, 0.25) is 0 Å². The number of aromatic nitrogens is 1. The van der Waals surface area contributed by atoms with Gasteiger partial charge in [-0.25, -0.2) is 9.18 Å². The lowest BCUT2D eigenvalue weighted by molar-refractivity contribution is 0.179. The van der Waals surface area contributed by atoms with Crippen LogP contribution in [0.1, 0.15) is 25.6 Å². The lowest BCUT2D eigenvalue weighted by atomic mass is 10.2. The molecule has 0 spiro atoms. The van der Waals surface area contributed by atoms with Crippen LogP contribution in [0.15, 0.2) is 48.7 Å². The second kappa shape index (κ2) is 8.29. The summed E-state index contributed by atoms with van der Waals surface area (Å²) in [6.07, 6.45) is 1.42. The number of carbonyl (C=O) groups excluding carboxylic acids is 1. The molecule has 0 saturated heterocycles. The molecule has 1 aromatic heterocycles. The molecule has 1 heterocycles. The van der Waals surface area contributed by atoms with Gasteiger partial charge in [-0.1, -0.05) is 12.1 Å². The summed E-state index contributed by atoms with van der Waals surface area (Å²) >= 11 is 0. The number of amides is 2. The van der Waals surface area contributed by atoms with E-state index in [2.05, 4.69) is 10.3 Å². The summed E-state index contributed by atoms with van der Waals surface area (Å²) in [6, 6.07) is 11.2. The van der Waals surface area contributed by atoms with E-state index < -0.39 is 0 Å². The zero-order valence-corrected chi connectivity index (χ0v) is 14.1. The van der Waals surface area contributed by atoms with Crippen LogP contribution < -0.4 is 10.1 Å². The summed E-state index contributed by atoms with van der Waals surface area (Å²) in [4.78, 5) is 18.1. The number of ether oxygens (including phenoxy) is 1. The van der Waals surface area contributed by atoms with E-state index in [4.69, 9.17) is 4.74 Å². The Hall–Kier alpha value is -2.63. The SMILES string of the molecule is C[C@H](CNC(=O)N(C)[C@@H](C)c1ccccn1)Oc1cccc(F)c1. The molecule has 128 valence electrons. The topological polar surface area (TPSA) is 54.5 Å². The number of rotatable bonds is 6. The van der Waals surface area contributed by atoms with Gasteiger partial charge in [-0.15, -0.1) is 0 Å². The number of nitrogens with zero attached hydrogens (tertiary/aromatic N) is 2. The molecule has 0 saturated carbocycles. The molecule has 0 unspecified atom stereocenters. The van der Waals surface area contributed by atoms with Crippen molar-refractivity contribution in [3.8, 4) is 5.75 Å². The van der Waals surface area contributed by atoms with E-state index in [0.717, 1.165) is 5.69 Å². The van der Waals surface area contributed by atoms with Gasteiger partial charge in [-0.05, 0) is 38.1 Å². The Bertz CT molecular complexity index is 666. The molecular formula is C18H22FN3O2. The Kier molecular flexibility index (Phi) is 6.12. The van der Waals surface area contributed by atoms with Crippen molar-refractivity contribution in [1.29, 1.82) is 0 Å². The average Bonchev–Trinajstić information content (AvgIpc) is 2.59. The molecule has 2 aromatic rings. The lowest BCUT2D eigenvalue weighted by Gasteiger charge is -2.25. The van der Waals surface area contributed by atoms with Crippen molar-refractivity contribution in [2.45, 2.75) is 26.0 Å². The molecule has 6 heteroatoms. The van der Waals surface area contributed by atoms with Gasteiger partial charge in [-0.2, -0.15) is 0 Å². The fourth-order valence-electron chi connectivity index (χ4n) is 2.17. The van der Waals surface area contributed by atoms with Crippen LogP contribution in [0.25, 0.3) is 0 Å². The summed E-state index contributed by atoms with van der Waals surface area (Å²) in [6.45, 7) is 4.04. The van der Waals surface area contributed by atoms with Crippen LogP contribution in [0.3, 0.4) is 0 Å². The van der Waals surface area contributed by atoms with Crippen LogP contribution in [-0.4, -0.2) is 35.6 Å². The molecule has 0 radical (unpaired) electrons. The number of halogens is 1. The first-order valence-electron chi connectivity index (χ1n) is 7.81. The van der Waals surface area contributed by atoms with E-state index in [1.807, 2.05) is 32.0 Å². The second-order valence-electron chi connectivity index (χ2n) is 5.61. The number of carbonyl (C=O) groups is 1. The highest BCUT2D eigenvalue weighted by molar-refractivity contribution is 5.74. The third-order valence-electron chi connectivity index (χ3n) is 3.69. The fraction of sp³-hybridized carbons (Fsp3) is 0.333. The van der Waals surface area contributed by atoms with Gasteiger partial charge in [-0.3, -0.25) is 4.98 Å². The smallest absolute Gasteiger partial charge is 0.317 e. The molecule has 1 aromatic carbocycles. The molecule has 0 fully saturated rings. The summed E-state index contributed by atoms with van der Waals surface area (Å²) < 4.78 is 18.7. The Morgan fingerprint density at radius 1 is 1.29 bits per heavy atom.